The molecule has 1 aromatic carbocycles. The van der Waals surface area contributed by atoms with Crippen molar-refractivity contribution in [2.75, 3.05) is 5.32 Å². The zero-order valence-electron chi connectivity index (χ0n) is 15.4. The van der Waals surface area contributed by atoms with Gasteiger partial charge < -0.3 is 5.32 Å². The highest BCUT2D eigenvalue weighted by atomic mass is 32.1. The number of para-hydroxylation sites is 1. The van der Waals surface area contributed by atoms with Crippen LogP contribution in [0.4, 0.5) is 5.69 Å². The van der Waals surface area contributed by atoms with E-state index in [2.05, 4.69) is 10.4 Å². The van der Waals surface area contributed by atoms with Crippen LogP contribution in [0.1, 0.15) is 23.9 Å². The Morgan fingerprint density at radius 3 is 2.63 bits per heavy atom. The molecule has 0 fully saturated rings. The number of nitrogens with one attached hydrogen (secondary N) is 1. The van der Waals surface area contributed by atoms with Crippen LogP contribution in [-0.2, 0) is 17.8 Å². The first-order chi connectivity index (χ1) is 13.0. The van der Waals surface area contributed by atoms with Gasteiger partial charge in [-0.25, -0.2) is 4.68 Å². The van der Waals surface area contributed by atoms with Crippen molar-refractivity contribution in [3.05, 3.63) is 63.0 Å². The molecule has 4 aromatic rings. The quantitative estimate of drug-likeness (QED) is 0.589. The van der Waals surface area contributed by atoms with Gasteiger partial charge in [-0.3, -0.25) is 14.0 Å². The summed E-state index contributed by atoms with van der Waals surface area (Å²) >= 11 is 1.59. The van der Waals surface area contributed by atoms with Gasteiger partial charge in [-0.05, 0) is 42.5 Å². The Hall–Kier alpha value is -2.93. The molecule has 0 saturated heterocycles. The molecule has 0 bridgehead atoms. The lowest BCUT2D eigenvalue weighted by Gasteiger charge is -2.13. The fourth-order valence-corrected chi connectivity index (χ4v) is 4.19. The number of hydrogen-bond donors (Lipinski definition) is 1. The minimum Gasteiger partial charge on any atom is -0.324 e. The Kier molecular flexibility index (Phi) is 4.31. The van der Waals surface area contributed by atoms with E-state index in [1.54, 1.807) is 11.3 Å². The molecule has 138 valence electrons. The van der Waals surface area contributed by atoms with E-state index >= 15 is 0 Å². The van der Waals surface area contributed by atoms with E-state index in [4.69, 9.17) is 0 Å². The number of hydrogen-bond acceptors (Lipinski definition) is 4. The van der Waals surface area contributed by atoms with Crippen molar-refractivity contribution in [2.45, 2.75) is 33.7 Å². The van der Waals surface area contributed by atoms with Crippen LogP contribution in [0, 0.1) is 13.8 Å². The predicted molar refractivity (Wildman–Crippen MR) is 109 cm³/mol. The zero-order chi connectivity index (χ0) is 19.1. The van der Waals surface area contributed by atoms with Gasteiger partial charge in [0.15, 0.2) is 0 Å². The van der Waals surface area contributed by atoms with E-state index in [1.165, 1.54) is 4.68 Å². The Balaban J connectivity index is 1.72. The largest absolute Gasteiger partial charge is 0.324 e. The third-order valence-electron chi connectivity index (χ3n) is 4.73. The lowest BCUT2D eigenvalue weighted by Crippen LogP contribution is -2.32. The van der Waals surface area contributed by atoms with E-state index < -0.39 is 0 Å². The van der Waals surface area contributed by atoms with Crippen LogP contribution in [-0.4, -0.2) is 20.1 Å². The number of amides is 1. The predicted octanol–water partition coefficient (Wildman–Crippen LogP) is 3.53. The standard InChI is InChI=1S/C20H20N4O2S/c1-4-17-22-23(11-18(25)21-19-12(2)6-5-7-13(19)3)20(26)15-10-16-14(24(15)17)8-9-27-16/h5-10H,4,11H2,1-3H3,(H,21,25). The van der Waals surface area contributed by atoms with Crippen LogP contribution in [0.5, 0.6) is 0 Å². The summed E-state index contributed by atoms with van der Waals surface area (Å²) in [6.07, 6.45) is 0.662. The average molecular weight is 380 g/mol. The maximum absolute atomic E-state index is 12.9. The molecule has 4 rings (SSSR count). The van der Waals surface area contributed by atoms with Crippen LogP contribution < -0.4 is 10.9 Å². The summed E-state index contributed by atoms with van der Waals surface area (Å²) in [5.41, 5.74) is 4.05. The highest BCUT2D eigenvalue weighted by molar-refractivity contribution is 7.17. The van der Waals surface area contributed by atoms with Gasteiger partial charge in [-0.1, -0.05) is 25.1 Å². The van der Waals surface area contributed by atoms with Crippen molar-refractivity contribution >= 4 is 38.7 Å². The molecule has 0 aliphatic heterocycles. The molecule has 27 heavy (non-hydrogen) atoms. The Morgan fingerprint density at radius 1 is 1.19 bits per heavy atom. The smallest absolute Gasteiger partial charge is 0.291 e. The molecule has 0 aliphatic carbocycles. The molecule has 0 unspecified atom stereocenters. The molecule has 7 heteroatoms. The molecular weight excluding hydrogens is 360 g/mol. The molecule has 0 saturated carbocycles. The normalized spacial score (nSPS) is 11.4. The van der Waals surface area contributed by atoms with Gasteiger partial charge in [0.25, 0.3) is 5.56 Å². The van der Waals surface area contributed by atoms with E-state index in [0.717, 1.165) is 32.9 Å². The number of aromatic nitrogens is 3. The summed E-state index contributed by atoms with van der Waals surface area (Å²) in [4.78, 5) is 25.5. The average Bonchev–Trinajstić information content (AvgIpc) is 3.22. The minimum atomic E-state index is -0.262. The van der Waals surface area contributed by atoms with Crippen molar-refractivity contribution in [3.63, 3.8) is 0 Å². The molecule has 0 spiro atoms. The first-order valence-electron chi connectivity index (χ1n) is 8.84. The number of nitrogens with zero attached hydrogens (tertiary/aromatic N) is 3. The summed E-state index contributed by atoms with van der Waals surface area (Å²) in [5.74, 6) is 0.500. The summed E-state index contributed by atoms with van der Waals surface area (Å²) < 4.78 is 4.20. The SMILES string of the molecule is CCc1nn(CC(=O)Nc2c(C)cccc2C)c(=O)c2cc3sccc3n12. The highest BCUT2D eigenvalue weighted by Gasteiger charge is 2.16. The first kappa shape index (κ1) is 17.5. The molecule has 0 atom stereocenters. The number of carbonyl (C=O) groups excluding carboxylic acids is 1. The molecule has 3 heterocycles. The third-order valence-corrected chi connectivity index (χ3v) is 5.58. The van der Waals surface area contributed by atoms with Crippen LogP contribution in [0.2, 0.25) is 0 Å². The van der Waals surface area contributed by atoms with Gasteiger partial charge in [0.1, 0.15) is 17.9 Å². The van der Waals surface area contributed by atoms with Gasteiger partial charge in [-0.15, -0.1) is 11.3 Å². The Labute approximate surface area is 160 Å². The number of anilines is 1. The number of fused-ring (bicyclic) bond motifs is 3. The second kappa shape index (κ2) is 6.66. The zero-order valence-corrected chi connectivity index (χ0v) is 16.3. The number of thiophene rings is 1. The first-order valence-corrected chi connectivity index (χ1v) is 9.72. The van der Waals surface area contributed by atoms with Gasteiger partial charge >= 0.3 is 0 Å². The van der Waals surface area contributed by atoms with Crippen molar-refractivity contribution in [1.82, 2.24) is 14.2 Å². The third kappa shape index (κ3) is 2.94. The summed E-state index contributed by atoms with van der Waals surface area (Å²) in [7, 11) is 0. The summed E-state index contributed by atoms with van der Waals surface area (Å²) in [6.45, 7) is 5.77. The van der Waals surface area contributed by atoms with Crippen LogP contribution in [0.15, 0.2) is 40.5 Å². The molecule has 0 radical (unpaired) electrons. The van der Waals surface area contributed by atoms with Gasteiger partial charge in [-0.2, -0.15) is 5.10 Å². The van der Waals surface area contributed by atoms with E-state index in [-0.39, 0.29) is 18.0 Å². The Morgan fingerprint density at radius 2 is 1.93 bits per heavy atom. The van der Waals surface area contributed by atoms with Gasteiger partial charge in [0.2, 0.25) is 5.91 Å². The molecule has 1 amide bonds. The maximum atomic E-state index is 12.9. The lowest BCUT2D eigenvalue weighted by atomic mass is 10.1. The number of carbonyl (C=O) groups is 1. The summed E-state index contributed by atoms with van der Waals surface area (Å²) in [5, 5.41) is 9.38. The molecule has 6 nitrogen and oxygen atoms in total. The van der Waals surface area contributed by atoms with Crippen molar-refractivity contribution in [1.29, 1.82) is 0 Å². The van der Waals surface area contributed by atoms with Crippen LogP contribution in [0.3, 0.4) is 0 Å². The van der Waals surface area contributed by atoms with Crippen LogP contribution >= 0.6 is 11.3 Å². The summed E-state index contributed by atoms with van der Waals surface area (Å²) in [6, 6.07) is 9.71. The second-order valence-corrected chi connectivity index (χ2v) is 7.53. The van der Waals surface area contributed by atoms with E-state index in [0.29, 0.717) is 11.9 Å². The fourth-order valence-electron chi connectivity index (χ4n) is 3.39. The van der Waals surface area contributed by atoms with Crippen molar-refractivity contribution in [2.24, 2.45) is 0 Å². The second-order valence-electron chi connectivity index (χ2n) is 6.58. The minimum absolute atomic E-state index is 0.116. The van der Waals surface area contributed by atoms with Gasteiger partial charge in [0.05, 0.1) is 10.2 Å². The Bertz CT molecular complexity index is 1210. The fraction of sp³-hybridized carbons (Fsp3) is 0.250. The number of benzene rings is 1. The molecule has 1 N–H and O–H groups in total. The van der Waals surface area contributed by atoms with E-state index in [1.807, 2.05) is 60.9 Å². The maximum Gasteiger partial charge on any atom is 0.291 e. The molecule has 0 aliphatic rings. The monoisotopic (exact) mass is 380 g/mol. The topological polar surface area (TPSA) is 68.4 Å². The van der Waals surface area contributed by atoms with Crippen molar-refractivity contribution in [3.8, 4) is 0 Å². The number of aryl methyl sites for hydroxylation is 3. The number of rotatable bonds is 4. The lowest BCUT2D eigenvalue weighted by molar-refractivity contribution is -0.117. The van der Waals surface area contributed by atoms with E-state index in [9.17, 15) is 9.59 Å². The molecular formula is C20H20N4O2S. The highest BCUT2D eigenvalue weighted by Crippen LogP contribution is 2.24. The van der Waals surface area contributed by atoms with Gasteiger partial charge in [0, 0.05) is 12.1 Å². The molecule has 3 aromatic heterocycles. The van der Waals surface area contributed by atoms with Crippen molar-refractivity contribution < 1.29 is 4.79 Å². The van der Waals surface area contributed by atoms with Crippen LogP contribution in [0.25, 0.3) is 15.7 Å².